The van der Waals surface area contributed by atoms with Gasteiger partial charge < -0.3 is 10.2 Å². The van der Waals surface area contributed by atoms with E-state index >= 15 is 0 Å². The van der Waals surface area contributed by atoms with E-state index in [1.54, 1.807) is 6.08 Å². The highest BCUT2D eigenvalue weighted by Crippen LogP contribution is 2.27. The number of anilines is 1. The third-order valence-electron chi connectivity index (χ3n) is 4.93. The molecule has 1 aliphatic heterocycles. The van der Waals surface area contributed by atoms with Crippen LogP contribution >= 0.6 is 0 Å². The lowest BCUT2D eigenvalue weighted by atomic mass is 9.94. The summed E-state index contributed by atoms with van der Waals surface area (Å²) in [6.07, 6.45) is 2.87. The number of hydrogen-bond acceptors (Lipinski definition) is 5. The lowest BCUT2D eigenvalue weighted by Gasteiger charge is -2.34. The predicted molar refractivity (Wildman–Crippen MR) is 111 cm³/mol. The van der Waals surface area contributed by atoms with Crippen LogP contribution in [0.2, 0.25) is 0 Å². The van der Waals surface area contributed by atoms with E-state index in [1.165, 1.54) is 24.3 Å². The maximum absolute atomic E-state index is 12.6. The van der Waals surface area contributed by atoms with Gasteiger partial charge in [0.05, 0.1) is 16.7 Å². The number of allylic oxidation sites excluding steroid dienone is 1. The van der Waals surface area contributed by atoms with Gasteiger partial charge >= 0.3 is 0 Å². The number of sulfonamides is 1. The molecule has 2 aromatic carbocycles. The normalized spacial score (nSPS) is 15.6. The fraction of sp³-hybridized carbons (Fsp3) is 0.238. The Hall–Kier alpha value is -3.15. The van der Waals surface area contributed by atoms with Crippen molar-refractivity contribution in [3.8, 4) is 6.07 Å². The molecule has 3 rings (SSSR count). The molecule has 1 fully saturated rings. The monoisotopic (exact) mass is 410 g/mol. The number of rotatable bonds is 5. The number of nitrogens with zero attached hydrogens (tertiary/aromatic N) is 2. The summed E-state index contributed by atoms with van der Waals surface area (Å²) < 4.78 is 22.6. The molecule has 2 aromatic rings. The molecule has 8 heteroatoms. The summed E-state index contributed by atoms with van der Waals surface area (Å²) in [7, 11) is -3.76. The van der Waals surface area contributed by atoms with Crippen LogP contribution in [0.15, 0.2) is 65.6 Å². The number of amides is 1. The van der Waals surface area contributed by atoms with Gasteiger partial charge in [0.15, 0.2) is 0 Å². The van der Waals surface area contributed by atoms with E-state index in [-0.39, 0.29) is 16.7 Å². The van der Waals surface area contributed by atoms with Crippen molar-refractivity contribution in [2.24, 2.45) is 11.1 Å². The van der Waals surface area contributed by atoms with Crippen molar-refractivity contribution in [3.05, 3.63) is 66.2 Å². The molecule has 0 bridgehead atoms. The van der Waals surface area contributed by atoms with E-state index in [1.807, 2.05) is 30.3 Å². The average Bonchev–Trinajstić information content (AvgIpc) is 2.72. The molecular weight excluding hydrogens is 388 g/mol. The number of nitrogens with one attached hydrogen (secondary N) is 1. The third-order valence-corrected chi connectivity index (χ3v) is 5.86. The van der Waals surface area contributed by atoms with Crippen molar-refractivity contribution in [1.29, 1.82) is 5.26 Å². The smallest absolute Gasteiger partial charge is 0.238 e. The highest BCUT2D eigenvalue weighted by molar-refractivity contribution is 7.89. The van der Waals surface area contributed by atoms with Crippen LogP contribution in [-0.2, 0) is 14.8 Å². The third kappa shape index (κ3) is 5.22. The van der Waals surface area contributed by atoms with Gasteiger partial charge in [-0.15, -0.1) is 0 Å². The van der Waals surface area contributed by atoms with E-state index in [4.69, 9.17) is 10.4 Å². The fourth-order valence-electron chi connectivity index (χ4n) is 3.38. The second kappa shape index (κ2) is 8.90. The molecule has 1 amide bonds. The quantitative estimate of drug-likeness (QED) is 0.735. The Morgan fingerprint density at radius 1 is 1.10 bits per heavy atom. The molecule has 1 heterocycles. The molecule has 0 unspecified atom stereocenters. The van der Waals surface area contributed by atoms with E-state index in [0.29, 0.717) is 31.6 Å². The summed E-state index contributed by atoms with van der Waals surface area (Å²) in [5.41, 5.74) is 2.37. The Morgan fingerprint density at radius 3 is 2.28 bits per heavy atom. The van der Waals surface area contributed by atoms with Crippen LogP contribution in [0.5, 0.6) is 0 Å². The van der Waals surface area contributed by atoms with E-state index < -0.39 is 10.0 Å². The van der Waals surface area contributed by atoms with Gasteiger partial charge in [-0.25, -0.2) is 13.6 Å². The minimum atomic E-state index is -3.76. The van der Waals surface area contributed by atoms with Crippen molar-refractivity contribution in [2.75, 3.05) is 18.4 Å². The Balaban J connectivity index is 1.61. The highest BCUT2D eigenvalue weighted by atomic mass is 32.2. The maximum atomic E-state index is 12.6. The van der Waals surface area contributed by atoms with E-state index in [0.717, 1.165) is 11.3 Å². The topological polar surface area (TPSA) is 116 Å². The van der Waals surface area contributed by atoms with Gasteiger partial charge in [-0.2, -0.15) is 5.26 Å². The molecule has 150 valence electrons. The van der Waals surface area contributed by atoms with Gasteiger partial charge in [0.1, 0.15) is 0 Å². The van der Waals surface area contributed by atoms with Crippen LogP contribution < -0.4 is 10.5 Å². The van der Waals surface area contributed by atoms with E-state index in [9.17, 15) is 13.2 Å². The summed E-state index contributed by atoms with van der Waals surface area (Å²) in [4.78, 5) is 14.7. The fourth-order valence-corrected chi connectivity index (χ4v) is 3.90. The van der Waals surface area contributed by atoms with Gasteiger partial charge in [-0.05, 0) is 42.7 Å². The second-order valence-corrected chi connectivity index (χ2v) is 8.41. The first-order valence-corrected chi connectivity index (χ1v) is 10.8. The first kappa shape index (κ1) is 20.6. The Labute approximate surface area is 170 Å². The molecule has 0 saturated carbocycles. The number of nitriles is 1. The molecule has 1 saturated heterocycles. The Bertz CT molecular complexity index is 1030. The lowest BCUT2D eigenvalue weighted by molar-refractivity contribution is -0.121. The van der Waals surface area contributed by atoms with Crippen molar-refractivity contribution >= 4 is 27.3 Å². The molecule has 0 spiro atoms. The Kier molecular flexibility index (Phi) is 6.32. The highest BCUT2D eigenvalue weighted by Gasteiger charge is 2.26. The van der Waals surface area contributed by atoms with Crippen LogP contribution in [0.3, 0.4) is 0 Å². The second-order valence-electron chi connectivity index (χ2n) is 6.84. The van der Waals surface area contributed by atoms with Gasteiger partial charge in [0.25, 0.3) is 0 Å². The molecule has 1 aliphatic rings. The summed E-state index contributed by atoms with van der Waals surface area (Å²) in [6, 6.07) is 17.6. The molecule has 7 nitrogen and oxygen atoms in total. The molecule has 0 radical (unpaired) electrons. The van der Waals surface area contributed by atoms with Crippen LogP contribution in [0.4, 0.5) is 5.69 Å². The summed E-state index contributed by atoms with van der Waals surface area (Å²) >= 11 is 0. The minimum Gasteiger partial charge on any atom is -0.370 e. The van der Waals surface area contributed by atoms with Crippen LogP contribution in [-0.4, -0.2) is 32.3 Å². The van der Waals surface area contributed by atoms with Crippen molar-refractivity contribution in [2.45, 2.75) is 17.7 Å². The minimum absolute atomic E-state index is 0.00142. The van der Waals surface area contributed by atoms with E-state index in [2.05, 4.69) is 16.3 Å². The van der Waals surface area contributed by atoms with Crippen LogP contribution in [0, 0.1) is 17.2 Å². The summed E-state index contributed by atoms with van der Waals surface area (Å²) in [5.74, 6) is -0.248. The number of carbonyl (C=O) groups is 1. The molecule has 0 atom stereocenters. The lowest BCUT2D eigenvalue weighted by Crippen LogP contribution is -2.37. The zero-order valence-electron chi connectivity index (χ0n) is 15.8. The molecule has 0 aliphatic carbocycles. The molecule has 0 aromatic heterocycles. The number of nitrogens with two attached hydrogens (primary N) is 1. The first-order valence-electron chi connectivity index (χ1n) is 9.22. The molecule has 3 N–H and O–H groups in total. The van der Waals surface area contributed by atoms with Crippen LogP contribution in [0.1, 0.15) is 18.4 Å². The zero-order valence-corrected chi connectivity index (χ0v) is 16.6. The number of primary sulfonamides is 1. The maximum Gasteiger partial charge on any atom is 0.238 e. The predicted octanol–water partition coefficient (Wildman–Crippen LogP) is 2.55. The SMILES string of the molecule is N#C/C=C(\c1ccccc1)N1CCC(C(=O)Nc2ccc(S(N)(=O)=O)cc2)CC1. The Morgan fingerprint density at radius 2 is 1.72 bits per heavy atom. The average molecular weight is 410 g/mol. The number of piperidine rings is 1. The standard InChI is InChI=1S/C21H22N4O3S/c22-13-10-20(16-4-2-1-3-5-16)25-14-11-17(12-15-25)21(26)24-18-6-8-19(9-7-18)29(23,27)28/h1-10,17H,11-12,14-15H2,(H,24,26)(H2,23,27,28)/b20-10+. The molecular formula is C21H22N4O3S. The summed E-state index contributed by atoms with van der Waals surface area (Å²) in [5, 5.41) is 17.1. The number of carbonyl (C=O) groups excluding carboxylic acids is 1. The van der Waals surface area contributed by atoms with Gasteiger partial charge in [0, 0.05) is 30.8 Å². The largest absolute Gasteiger partial charge is 0.370 e. The van der Waals surface area contributed by atoms with Gasteiger partial charge in [-0.1, -0.05) is 30.3 Å². The first-order chi connectivity index (χ1) is 13.9. The van der Waals surface area contributed by atoms with Gasteiger partial charge in [0.2, 0.25) is 15.9 Å². The van der Waals surface area contributed by atoms with Crippen molar-refractivity contribution in [3.63, 3.8) is 0 Å². The number of hydrogen-bond donors (Lipinski definition) is 2. The number of benzene rings is 2. The summed E-state index contributed by atoms with van der Waals surface area (Å²) in [6.45, 7) is 1.34. The molecule has 29 heavy (non-hydrogen) atoms. The van der Waals surface area contributed by atoms with Crippen molar-refractivity contribution < 1.29 is 13.2 Å². The number of likely N-dealkylation sites (tertiary alicyclic amines) is 1. The van der Waals surface area contributed by atoms with Gasteiger partial charge in [-0.3, -0.25) is 4.79 Å². The van der Waals surface area contributed by atoms with Crippen LogP contribution in [0.25, 0.3) is 5.70 Å². The zero-order chi connectivity index (χ0) is 20.9. The van der Waals surface area contributed by atoms with Crippen molar-refractivity contribution in [1.82, 2.24) is 4.90 Å².